The molecule has 0 bridgehead atoms. The first-order valence-electron chi connectivity index (χ1n) is 7.56. The molecule has 0 radical (unpaired) electrons. The molecule has 1 saturated heterocycles. The van der Waals surface area contributed by atoms with Crippen molar-refractivity contribution in [1.29, 1.82) is 0 Å². The predicted molar refractivity (Wildman–Crippen MR) is 84.3 cm³/mol. The first-order valence-corrected chi connectivity index (χ1v) is 8.44. The van der Waals surface area contributed by atoms with Crippen molar-refractivity contribution in [3.63, 3.8) is 0 Å². The number of fused-ring (bicyclic) bond motifs is 1. The smallest absolute Gasteiger partial charge is 0.193 e. The number of aromatic nitrogens is 3. The van der Waals surface area contributed by atoms with Crippen molar-refractivity contribution in [2.75, 3.05) is 6.54 Å². The molecule has 3 aromatic heterocycles. The van der Waals surface area contributed by atoms with Gasteiger partial charge in [0.05, 0.1) is 23.6 Å². The summed E-state index contributed by atoms with van der Waals surface area (Å²) < 4.78 is 15.2. The normalized spacial score (nSPS) is 19.8. The number of likely N-dealkylation sites (tertiary alicyclic amines) is 1. The number of hydrogen-bond acceptors (Lipinski definition) is 4. The van der Waals surface area contributed by atoms with E-state index in [2.05, 4.69) is 24.6 Å². The largest absolute Gasteiger partial charge is 0.293 e. The molecule has 0 aliphatic carbocycles. The molecular formula is C16H17FN4S. The number of piperidine rings is 1. The molecule has 3 aromatic rings. The Hall–Kier alpha value is -1.79. The Morgan fingerprint density at radius 2 is 2.23 bits per heavy atom. The van der Waals surface area contributed by atoms with Crippen molar-refractivity contribution in [1.82, 2.24) is 19.3 Å². The third-order valence-electron chi connectivity index (χ3n) is 4.28. The van der Waals surface area contributed by atoms with Gasteiger partial charge in [-0.1, -0.05) is 6.42 Å². The highest BCUT2D eigenvalue weighted by Crippen LogP contribution is 2.34. The monoisotopic (exact) mass is 316 g/mol. The van der Waals surface area contributed by atoms with Gasteiger partial charge in [0.1, 0.15) is 5.82 Å². The zero-order valence-electron chi connectivity index (χ0n) is 12.2. The van der Waals surface area contributed by atoms with E-state index in [1.54, 1.807) is 17.4 Å². The van der Waals surface area contributed by atoms with E-state index in [9.17, 15) is 4.39 Å². The number of rotatable bonds is 3. The summed E-state index contributed by atoms with van der Waals surface area (Å²) in [6, 6.07) is 3.64. The first kappa shape index (κ1) is 13.8. The molecule has 0 N–H and O–H groups in total. The molecule has 4 nitrogen and oxygen atoms in total. The van der Waals surface area contributed by atoms with Crippen LogP contribution in [0.4, 0.5) is 4.39 Å². The molecule has 4 rings (SSSR count). The number of nitrogens with zero attached hydrogens (tertiary/aromatic N) is 4. The summed E-state index contributed by atoms with van der Waals surface area (Å²) in [6.07, 6.45) is 8.77. The van der Waals surface area contributed by atoms with Crippen molar-refractivity contribution in [3.05, 3.63) is 53.3 Å². The van der Waals surface area contributed by atoms with E-state index in [1.165, 1.54) is 30.8 Å². The fourth-order valence-corrected chi connectivity index (χ4v) is 4.10. The molecule has 22 heavy (non-hydrogen) atoms. The molecule has 0 saturated carbocycles. The quantitative estimate of drug-likeness (QED) is 0.739. The third kappa shape index (κ3) is 2.53. The lowest BCUT2D eigenvalue weighted by Gasteiger charge is -2.35. The number of pyridine rings is 1. The first-order chi connectivity index (χ1) is 10.8. The van der Waals surface area contributed by atoms with Crippen molar-refractivity contribution in [3.8, 4) is 0 Å². The van der Waals surface area contributed by atoms with Crippen molar-refractivity contribution >= 4 is 16.3 Å². The summed E-state index contributed by atoms with van der Waals surface area (Å²) in [6.45, 7) is 1.81. The van der Waals surface area contributed by atoms with Gasteiger partial charge in [-0.25, -0.2) is 9.37 Å². The predicted octanol–water partition coefficient (Wildman–Crippen LogP) is 3.66. The van der Waals surface area contributed by atoms with Crippen LogP contribution in [0.15, 0.2) is 36.1 Å². The molecule has 1 aliphatic heterocycles. The van der Waals surface area contributed by atoms with Gasteiger partial charge in [-0.05, 0) is 31.5 Å². The highest BCUT2D eigenvalue weighted by atomic mass is 32.1. The average molecular weight is 316 g/mol. The SMILES string of the molecule is Fc1ccc(CN2CCCCC2c2csc3nccn23)nc1. The van der Waals surface area contributed by atoms with Crippen LogP contribution in [-0.4, -0.2) is 25.8 Å². The van der Waals surface area contributed by atoms with E-state index in [0.29, 0.717) is 6.04 Å². The van der Waals surface area contributed by atoms with E-state index < -0.39 is 0 Å². The highest BCUT2D eigenvalue weighted by molar-refractivity contribution is 7.15. The van der Waals surface area contributed by atoms with Gasteiger partial charge in [0, 0.05) is 24.3 Å². The van der Waals surface area contributed by atoms with E-state index in [-0.39, 0.29) is 5.82 Å². The molecule has 1 fully saturated rings. The summed E-state index contributed by atoms with van der Waals surface area (Å²) in [7, 11) is 0. The van der Waals surface area contributed by atoms with E-state index >= 15 is 0 Å². The summed E-state index contributed by atoms with van der Waals surface area (Å²) >= 11 is 1.68. The van der Waals surface area contributed by atoms with Crippen LogP contribution < -0.4 is 0 Å². The van der Waals surface area contributed by atoms with Crippen molar-refractivity contribution < 1.29 is 4.39 Å². The van der Waals surface area contributed by atoms with Gasteiger partial charge in [-0.2, -0.15) is 0 Å². The molecule has 1 unspecified atom stereocenters. The van der Waals surface area contributed by atoms with Crippen LogP contribution in [0.5, 0.6) is 0 Å². The fourth-order valence-electron chi connectivity index (χ4n) is 3.21. The minimum absolute atomic E-state index is 0.281. The second kappa shape index (κ2) is 5.78. The van der Waals surface area contributed by atoms with Gasteiger partial charge in [0.15, 0.2) is 4.96 Å². The van der Waals surface area contributed by atoms with Crippen molar-refractivity contribution in [2.45, 2.75) is 31.8 Å². The summed E-state index contributed by atoms with van der Waals surface area (Å²) in [5.74, 6) is -0.281. The molecule has 0 spiro atoms. The number of halogens is 1. The van der Waals surface area contributed by atoms with Crippen LogP contribution in [0.25, 0.3) is 4.96 Å². The Kier molecular flexibility index (Phi) is 3.63. The van der Waals surface area contributed by atoms with E-state index in [0.717, 1.165) is 30.2 Å². The Morgan fingerprint density at radius 1 is 1.27 bits per heavy atom. The molecule has 4 heterocycles. The van der Waals surface area contributed by atoms with Gasteiger partial charge in [0.25, 0.3) is 0 Å². The van der Waals surface area contributed by atoms with Crippen LogP contribution in [0.1, 0.15) is 36.7 Å². The van der Waals surface area contributed by atoms with Crippen LogP contribution in [0, 0.1) is 5.82 Å². The molecular weight excluding hydrogens is 299 g/mol. The standard InChI is InChI=1S/C16H17FN4S/c17-12-4-5-13(19-9-12)10-20-7-2-1-3-14(20)15-11-22-16-18-6-8-21(15)16/h4-6,8-9,11,14H,1-3,7,10H2. The molecule has 6 heteroatoms. The van der Waals surface area contributed by atoms with E-state index in [4.69, 9.17) is 0 Å². The minimum atomic E-state index is -0.281. The van der Waals surface area contributed by atoms with Crippen molar-refractivity contribution in [2.24, 2.45) is 0 Å². The Labute approximate surface area is 132 Å². The highest BCUT2D eigenvalue weighted by Gasteiger charge is 2.26. The lowest BCUT2D eigenvalue weighted by molar-refractivity contribution is 0.135. The number of thiazole rings is 1. The lowest BCUT2D eigenvalue weighted by Crippen LogP contribution is -2.33. The van der Waals surface area contributed by atoms with Gasteiger partial charge in [0.2, 0.25) is 0 Å². The minimum Gasteiger partial charge on any atom is -0.293 e. The van der Waals surface area contributed by atoms with Gasteiger partial charge >= 0.3 is 0 Å². The maximum absolute atomic E-state index is 13.0. The summed E-state index contributed by atoms with van der Waals surface area (Å²) in [5, 5.41) is 2.21. The zero-order chi connectivity index (χ0) is 14.9. The summed E-state index contributed by atoms with van der Waals surface area (Å²) in [4.78, 5) is 12.1. The molecule has 1 aliphatic rings. The summed E-state index contributed by atoms with van der Waals surface area (Å²) in [5.41, 5.74) is 2.23. The molecule has 0 amide bonds. The maximum atomic E-state index is 13.0. The lowest BCUT2D eigenvalue weighted by atomic mass is 9.99. The van der Waals surface area contributed by atoms with E-state index in [1.807, 2.05) is 12.4 Å². The zero-order valence-corrected chi connectivity index (χ0v) is 13.0. The van der Waals surface area contributed by atoms with Crippen LogP contribution in [-0.2, 0) is 6.54 Å². The maximum Gasteiger partial charge on any atom is 0.193 e. The number of imidazole rings is 1. The molecule has 1 atom stereocenters. The second-order valence-electron chi connectivity index (χ2n) is 5.69. The fraction of sp³-hybridized carbons (Fsp3) is 0.375. The van der Waals surface area contributed by atoms with Gasteiger partial charge in [-0.3, -0.25) is 14.3 Å². The third-order valence-corrected chi connectivity index (χ3v) is 5.15. The Morgan fingerprint density at radius 3 is 3.09 bits per heavy atom. The van der Waals surface area contributed by atoms with Crippen LogP contribution >= 0.6 is 11.3 Å². The number of hydrogen-bond donors (Lipinski definition) is 0. The molecule has 0 aromatic carbocycles. The Bertz CT molecular complexity index is 764. The average Bonchev–Trinajstić information content (AvgIpc) is 3.13. The topological polar surface area (TPSA) is 33.4 Å². The van der Waals surface area contributed by atoms with Crippen LogP contribution in [0.3, 0.4) is 0 Å². The molecule has 114 valence electrons. The van der Waals surface area contributed by atoms with Crippen LogP contribution in [0.2, 0.25) is 0 Å². The second-order valence-corrected chi connectivity index (χ2v) is 6.53. The van der Waals surface area contributed by atoms with Gasteiger partial charge < -0.3 is 0 Å². The van der Waals surface area contributed by atoms with Gasteiger partial charge in [-0.15, -0.1) is 11.3 Å². The Balaban J connectivity index is 1.62.